The largest absolute Gasteiger partial charge is 0.486 e. The van der Waals surface area contributed by atoms with Gasteiger partial charge in [-0.15, -0.1) is 0 Å². The molecule has 1 aromatic carbocycles. The van der Waals surface area contributed by atoms with Gasteiger partial charge in [-0.25, -0.2) is 0 Å². The van der Waals surface area contributed by atoms with Crippen molar-refractivity contribution in [1.29, 1.82) is 0 Å². The fourth-order valence-corrected chi connectivity index (χ4v) is 4.84. The predicted octanol–water partition coefficient (Wildman–Crippen LogP) is 3.95. The Labute approximate surface area is 168 Å². The van der Waals surface area contributed by atoms with Crippen LogP contribution in [0.15, 0.2) is 18.2 Å². The molecule has 1 heterocycles. The third kappa shape index (κ3) is 5.40. The Balaban J connectivity index is 1.16. The molecule has 0 aromatic heterocycles. The molecule has 1 amide bonds. The molecular formula is C23H34N2O3. The third-order valence-electron chi connectivity index (χ3n) is 6.49. The number of nitrogens with one attached hydrogen (secondary N) is 2. The van der Waals surface area contributed by atoms with Crippen molar-refractivity contribution < 1.29 is 14.3 Å². The molecule has 4 rings (SSSR count). The van der Waals surface area contributed by atoms with Crippen LogP contribution in [0.4, 0.5) is 0 Å². The number of carbonyl (C=O) groups excluding carboxylic acids is 1. The van der Waals surface area contributed by atoms with E-state index in [2.05, 4.69) is 22.8 Å². The van der Waals surface area contributed by atoms with Crippen molar-refractivity contribution in [3.63, 3.8) is 0 Å². The molecule has 2 aliphatic carbocycles. The second kappa shape index (κ2) is 9.64. The van der Waals surface area contributed by atoms with Gasteiger partial charge in [-0.1, -0.05) is 25.3 Å². The summed E-state index contributed by atoms with van der Waals surface area (Å²) in [6, 6.07) is 7.09. The Morgan fingerprint density at radius 3 is 2.39 bits per heavy atom. The molecule has 5 nitrogen and oxygen atoms in total. The summed E-state index contributed by atoms with van der Waals surface area (Å²) in [5.74, 6) is 2.60. The van der Waals surface area contributed by atoms with Crippen LogP contribution in [0, 0.1) is 5.92 Å². The minimum absolute atomic E-state index is 0.277. The third-order valence-corrected chi connectivity index (χ3v) is 6.49. The molecule has 0 bridgehead atoms. The van der Waals surface area contributed by atoms with Crippen LogP contribution in [0.25, 0.3) is 0 Å². The summed E-state index contributed by atoms with van der Waals surface area (Å²) in [7, 11) is 0. The van der Waals surface area contributed by atoms with E-state index in [1.165, 1.54) is 37.7 Å². The maximum Gasteiger partial charge on any atom is 0.220 e. The van der Waals surface area contributed by atoms with Gasteiger partial charge >= 0.3 is 0 Å². The number of hydrogen-bond donors (Lipinski definition) is 2. The van der Waals surface area contributed by atoms with Gasteiger partial charge in [0, 0.05) is 25.0 Å². The van der Waals surface area contributed by atoms with Crippen molar-refractivity contribution in [1.82, 2.24) is 10.6 Å². The molecule has 1 aliphatic heterocycles. The number of benzene rings is 1. The van der Waals surface area contributed by atoms with E-state index >= 15 is 0 Å². The molecule has 2 saturated carbocycles. The Morgan fingerprint density at radius 2 is 1.61 bits per heavy atom. The van der Waals surface area contributed by atoms with Crippen molar-refractivity contribution in [2.45, 2.75) is 82.8 Å². The molecule has 2 fully saturated rings. The second-order valence-electron chi connectivity index (χ2n) is 8.68. The molecule has 2 N–H and O–H groups in total. The summed E-state index contributed by atoms with van der Waals surface area (Å²) in [5.41, 5.74) is 1.23. The lowest BCUT2D eigenvalue weighted by atomic mass is 9.86. The highest BCUT2D eigenvalue weighted by Crippen LogP contribution is 2.31. The van der Waals surface area contributed by atoms with Gasteiger partial charge in [-0.05, 0) is 62.1 Å². The Kier molecular flexibility index (Phi) is 6.73. The molecule has 5 heteroatoms. The molecule has 0 spiro atoms. The topological polar surface area (TPSA) is 59.6 Å². The van der Waals surface area contributed by atoms with E-state index in [1.54, 1.807) is 0 Å². The average Bonchev–Trinajstić information content (AvgIpc) is 2.74. The van der Waals surface area contributed by atoms with Crippen LogP contribution in [-0.4, -0.2) is 31.2 Å². The van der Waals surface area contributed by atoms with Crippen LogP contribution in [0.2, 0.25) is 0 Å². The molecular weight excluding hydrogens is 352 g/mol. The minimum atomic E-state index is 0.277. The highest BCUT2D eigenvalue weighted by molar-refractivity contribution is 5.76. The van der Waals surface area contributed by atoms with E-state index in [-0.39, 0.29) is 5.91 Å². The van der Waals surface area contributed by atoms with E-state index in [9.17, 15) is 4.79 Å². The number of ether oxygens (including phenoxy) is 2. The van der Waals surface area contributed by atoms with Crippen molar-refractivity contribution in [3.8, 4) is 11.5 Å². The lowest BCUT2D eigenvalue weighted by molar-refractivity contribution is -0.123. The van der Waals surface area contributed by atoms with Crippen molar-refractivity contribution in [2.75, 3.05) is 13.2 Å². The van der Waals surface area contributed by atoms with Gasteiger partial charge in [0.25, 0.3) is 0 Å². The van der Waals surface area contributed by atoms with Crippen molar-refractivity contribution in [3.05, 3.63) is 23.8 Å². The average molecular weight is 387 g/mol. The summed E-state index contributed by atoms with van der Waals surface area (Å²) in [4.78, 5) is 12.3. The van der Waals surface area contributed by atoms with Crippen LogP contribution in [0.5, 0.6) is 11.5 Å². The lowest BCUT2D eigenvalue weighted by Crippen LogP contribution is -2.42. The first kappa shape index (κ1) is 19.6. The normalized spacial score (nSPS) is 25.3. The second-order valence-corrected chi connectivity index (χ2v) is 8.68. The molecule has 0 atom stereocenters. The maximum atomic E-state index is 12.3. The fourth-order valence-electron chi connectivity index (χ4n) is 4.84. The summed E-state index contributed by atoms with van der Waals surface area (Å²) < 4.78 is 11.3. The standard InChI is InChI=1S/C23H34N2O3/c26-23(15-17-4-2-1-3-5-17)25-20-9-7-19(8-10-20)24-16-18-6-11-21-22(14-18)28-13-12-27-21/h6,11,14,17,19-20,24H,1-5,7-10,12-13,15-16H2,(H,25,26). The molecule has 1 aromatic rings. The highest BCUT2D eigenvalue weighted by Gasteiger charge is 2.24. The van der Waals surface area contributed by atoms with Crippen LogP contribution in [0.3, 0.4) is 0 Å². The first-order valence-corrected chi connectivity index (χ1v) is 11.2. The fraction of sp³-hybridized carbons (Fsp3) is 0.696. The number of fused-ring (bicyclic) bond motifs is 1. The predicted molar refractivity (Wildman–Crippen MR) is 110 cm³/mol. The van der Waals surface area contributed by atoms with E-state index < -0.39 is 0 Å². The van der Waals surface area contributed by atoms with Gasteiger partial charge in [0.05, 0.1) is 0 Å². The summed E-state index contributed by atoms with van der Waals surface area (Å²) in [6.07, 6.45) is 11.6. The zero-order valence-corrected chi connectivity index (χ0v) is 16.9. The molecule has 0 unspecified atom stereocenters. The Bertz CT molecular complexity index is 649. The van der Waals surface area contributed by atoms with Gasteiger partial charge < -0.3 is 20.1 Å². The van der Waals surface area contributed by atoms with Crippen LogP contribution < -0.4 is 20.1 Å². The Hall–Kier alpha value is -1.75. The number of amides is 1. The first-order valence-electron chi connectivity index (χ1n) is 11.2. The monoisotopic (exact) mass is 386 g/mol. The van der Waals surface area contributed by atoms with Crippen LogP contribution in [0.1, 0.15) is 69.8 Å². The summed E-state index contributed by atoms with van der Waals surface area (Å²) in [6.45, 7) is 2.10. The quantitative estimate of drug-likeness (QED) is 0.777. The van der Waals surface area contributed by atoms with E-state index in [0.717, 1.165) is 50.1 Å². The maximum absolute atomic E-state index is 12.3. The minimum Gasteiger partial charge on any atom is -0.486 e. The van der Waals surface area contributed by atoms with Gasteiger partial charge in [0.2, 0.25) is 5.91 Å². The molecule has 3 aliphatic rings. The smallest absolute Gasteiger partial charge is 0.220 e. The number of carbonyl (C=O) groups is 1. The van der Waals surface area contributed by atoms with Gasteiger partial charge in [0.1, 0.15) is 13.2 Å². The molecule has 0 radical (unpaired) electrons. The molecule has 28 heavy (non-hydrogen) atoms. The highest BCUT2D eigenvalue weighted by atomic mass is 16.6. The zero-order valence-electron chi connectivity index (χ0n) is 16.9. The summed E-state index contributed by atoms with van der Waals surface area (Å²) in [5, 5.41) is 6.97. The van der Waals surface area contributed by atoms with E-state index in [1.807, 2.05) is 6.07 Å². The van der Waals surface area contributed by atoms with Crippen molar-refractivity contribution >= 4 is 5.91 Å². The van der Waals surface area contributed by atoms with E-state index in [0.29, 0.717) is 31.2 Å². The SMILES string of the molecule is O=C(CC1CCCCC1)NC1CCC(NCc2ccc3c(c2)OCCO3)CC1. The lowest BCUT2D eigenvalue weighted by Gasteiger charge is -2.30. The van der Waals surface area contributed by atoms with Gasteiger partial charge in [0.15, 0.2) is 11.5 Å². The van der Waals surface area contributed by atoms with E-state index in [4.69, 9.17) is 9.47 Å². The van der Waals surface area contributed by atoms with Gasteiger partial charge in [-0.3, -0.25) is 4.79 Å². The summed E-state index contributed by atoms with van der Waals surface area (Å²) >= 11 is 0. The van der Waals surface area contributed by atoms with Crippen LogP contribution in [-0.2, 0) is 11.3 Å². The van der Waals surface area contributed by atoms with Crippen molar-refractivity contribution in [2.24, 2.45) is 5.92 Å². The number of hydrogen-bond acceptors (Lipinski definition) is 4. The molecule has 154 valence electrons. The first-order chi connectivity index (χ1) is 13.8. The number of rotatable bonds is 6. The zero-order chi connectivity index (χ0) is 19.2. The Morgan fingerprint density at radius 1 is 0.893 bits per heavy atom. The van der Waals surface area contributed by atoms with Gasteiger partial charge in [-0.2, -0.15) is 0 Å². The van der Waals surface area contributed by atoms with Crippen LogP contribution >= 0.6 is 0 Å². The molecule has 0 saturated heterocycles.